The maximum Gasteiger partial charge on any atom is 0.222 e. The normalized spacial score (nSPS) is 19.4. The lowest BCUT2D eigenvalue weighted by Gasteiger charge is -2.25. The molecule has 1 aliphatic heterocycles. The first-order valence-electron chi connectivity index (χ1n) is 6.94. The number of carbonyl (C=O) groups is 1. The predicted octanol–water partition coefficient (Wildman–Crippen LogP) is 1.64. The van der Waals surface area contributed by atoms with Crippen LogP contribution < -0.4 is 5.32 Å². The summed E-state index contributed by atoms with van der Waals surface area (Å²) in [6.07, 6.45) is 2.95. The van der Waals surface area contributed by atoms with Crippen molar-refractivity contribution in [2.75, 3.05) is 20.1 Å². The Morgan fingerprint density at radius 2 is 2.32 bits per heavy atom. The second-order valence-corrected chi connectivity index (χ2v) is 5.47. The van der Waals surface area contributed by atoms with Crippen LogP contribution in [0.5, 0.6) is 0 Å². The van der Waals surface area contributed by atoms with Crippen LogP contribution in [0, 0.1) is 19.8 Å². The van der Waals surface area contributed by atoms with Gasteiger partial charge in [0, 0.05) is 19.0 Å². The maximum atomic E-state index is 12.2. The van der Waals surface area contributed by atoms with Crippen molar-refractivity contribution in [2.24, 2.45) is 5.92 Å². The molecule has 1 unspecified atom stereocenters. The van der Waals surface area contributed by atoms with E-state index >= 15 is 0 Å². The van der Waals surface area contributed by atoms with Crippen LogP contribution in [0.25, 0.3) is 0 Å². The topological polar surface area (TPSA) is 58.4 Å². The molecular formula is C14H23N3O2. The van der Waals surface area contributed by atoms with Crippen LogP contribution in [-0.2, 0) is 11.3 Å². The second-order valence-electron chi connectivity index (χ2n) is 5.47. The average molecular weight is 265 g/mol. The Labute approximate surface area is 114 Å². The summed E-state index contributed by atoms with van der Waals surface area (Å²) in [5, 5.41) is 7.27. The van der Waals surface area contributed by atoms with Gasteiger partial charge in [0.15, 0.2) is 0 Å². The summed E-state index contributed by atoms with van der Waals surface area (Å²) in [6.45, 7) is 6.43. The molecule has 19 heavy (non-hydrogen) atoms. The fourth-order valence-electron chi connectivity index (χ4n) is 2.55. The summed E-state index contributed by atoms with van der Waals surface area (Å²) in [7, 11) is 1.85. The van der Waals surface area contributed by atoms with Crippen LogP contribution in [0.1, 0.15) is 36.3 Å². The molecular weight excluding hydrogens is 242 g/mol. The van der Waals surface area contributed by atoms with E-state index in [1.165, 1.54) is 6.42 Å². The first kappa shape index (κ1) is 14.1. The lowest BCUT2D eigenvalue weighted by Crippen LogP contribution is -2.35. The zero-order valence-corrected chi connectivity index (χ0v) is 12.0. The quantitative estimate of drug-likeness (QED) is 0.899. The molecule has 0 aliphatic carbocycles. The Balaban J connectivity index is 1.88. The standard InChI is InChI=1S/C14H23N3O2/c1-10-13(11(2)19-16-10)9-17(3)14(18)7-12-5-4-6-15-8-12/h12,15H,4-9H2,1-3H3. The summed E-state index contributed by atoms with van der Waals surface area (Å²) in [5.41, 5.74) is 1.90. The van der Waals surface area contributed by atoms with Gasteiger partial charge in [-0.2, -0.15) is 0 Å². The fraction of sp³-hybridized carbons (Fsp3) is 0.714. The SMILES string of the molecule is Cc1noc(C)c1CN(C)C(=O)CC1CCCNC1. The Bertz CT molecular complexity index is 416. The number of aromatic nitrogens is 1. The number of nitrogens with zero attached hydrogens (tertiary/aromatic N) is 2. The average Bonchev–Trinajstić information content (AvgIpc) is 2.71. The minimum Gasteiger partial charge on any atom is -0.361 e. The van der Waals surface area contributed by atoms with E-state index < -0.39 is 0 Å². The maximum absolute atomic E-state index is 12.2. The zero-order valence-electron chi connectivity index (χ0n) is 12.0. The largest absolute Gasteiger partial charge is 0.361 e. The Kier molecular flexibility index (Phi) is 4.58. The van der Waals surface area contributed by atoms with Crippen LogP contribution in [0.3, 0.4) is 0 Å². The van der Waals surface area contributed by atoms with E-state index in [9.17, 15) is 4.79 Å². The Morgan fingerprint density at radius 1 is 1.53 bits per heavy atom. The number of rotatable bonds is 4. The van der Waals surface area contributed by atoms with E-state index in [-0.39, 0.29) is 5.91 Å². The first-order valence-corrected chi connectivity index (χ1v) is 6.94. The third-order valence-electron chi connectivity index (χ3n) is 3.86. The first-order chi connectivity index (χ1) is 9.08. The molecule has 1 saturated heterocycles. The molecule has 1 aromatic rings. The van der Waals surface area contributed by atoms with Gasteiger partial charge < -0.3 is 14.7 Å². The summed E-state index contributed by atoms with van der Waals surface area (Å²) in [5.74, 6) is 1.48. The van der Waals surface area contributed by atoms with Gasteiger partial charge in [-0.05, 0) is 45.7 Å². The summed E-state index contributed by atoms with van der Waals surface area (Å²) < 4.78 is 5.13. The Morgan fingerprint density at radius 3 is 2.89 bits per heavy atom. The summed E-state index contributed by atoms with van der Waals surface area (Å²) in [4.78, 5) is 14.0. The number of amides is 1. The monoisotopic (exact) mass is 265 g/mol. The van der Waals surface area contributed by atoms with Crippen molar-refractivity contribution in [1.29, 1.82) is 0 Å². The van der Waals surface area contributed by atoms with Gasteiger partial charge in [-0.3, -0.25) is 4.79 Å². The van der Waals surface area contributed by atoms with Crippen LogP contribution in [0.2, 0.25) is 0 Å². The molecule has 1 fully saturated rings. The number of hydrogen-bond donors (Lipinski definition) is 1. The lowest BCUT2D eigenvalue weighted by molar-refractivity contribution is -0.131. The van der Waals surface area contributed by atoms with E-state index in [0.29, 0.717) is 18.9 Å². The van der Waals surface area contributed by atoms with Gasteiger partial charge >= 0.3 is 0 Å². The van der Waals surface area contributed by atoms with Gasteiger partial charge in [-0.25, -0.2) is 0 Å². The van der Waals surface area contributed by atoms with Gasteiger partial charge in [0.1, 0.15) is 5.76 Å². The van der Waals surface area contributed by atoms with Crippen molar-refractivity contribution in [3.8, 4) is 0 Å². The minimum atomic E-state index is 0.203. The highest BCUT2D eigenvalue weighted by Crippen LogP contribution is 2.18. The van der Waals surface area contributed by atoms with Crippen molar-refractivity contribution in [3.63, 3.8) is 0 Å². The fourth-order valence-corrected chi connectivity index (χ4v) is 2.55. The highest BCUT2D eigenvalue weighted by Gasteiger charge is 2.20. The van der Waals surface area contributed by atoms with Crippen molar-refractivity contribution >= 4 is 5.91 Å². The zero-order chi connectivity index (χ0) is 13.8. The molecule has 5 heteroatoms. The van der Waals surface area contributed by atoms with Crippen molar-refractivity contribution in [3.05, 3.63) is 17.0 Å². The highest BCUT2D eigenvalue weighted by molar-refractivity contribution is 5.76. The van der Waals surface area contributed by atoms with Crippen molar-refractivity contribution in [1.82, 2.24) is 15.4 Å². The molecule has 2 rings (SSSR count). The van der Waals surface area contributed by atoms with E-state index in [0.717, 1.165) is 36.5 Å². The molecule has 1 atom stereocenters. The Hall–Kier alpha value is -1.36. The van der Waals surface area contributed by atoms with Gasteiger partial charge in [0.05, 0.1) is 12.2 Å². The third-order valence-corrected chi connectivity index (χ3v) is 3.86. The molecule has 2 heterocycles. The minimum absolute atomic E-state index is 0.203. The molecule has 5 nitrogen and oxygen atoms in total. The van der Waals surface area contributed by atoms with Crippen LogP contribution in [0.4, 0.5) is 0 Å². The molecule has 0 radical (unpaired) electrons. The number of aryl methyl sites for hydroxylation is 2. The van der Waals surface area contributed by atoms with Crippen LogP contribution in [-0.4, -0.2) is 36.1 Å². The van der Waals surface area contributed by atoms with Crippen molar-refractivity contribution < 1.29 is 9.32 Å². The summed E-state index contributed by atoms with van der Waals surface area (Å²) in [6, 6.07) is 0. The lowest BCUT2D eigenvalue weighted by atomic mass is 9.95. The van der Waals surface area contributed by atoms with Gasteiger partial charge in [-0.1, -0.05) is 5.16 Å². The number of nitrogens with one attached hydrogen (secondary N) is 1. The van der Waals surface area contributed by atoms with E-state index in [4.69, 9.17) is 4.52 Å². The van der Waals surface area contributed by atoms with Gasteiger partial charge in [0.2, 0.25) is 5.91 Å². The molecule has 0 aromatic carbocycles. The third kappa shape index (κ3) is 3.56. The molecule has 1 aromatic heterocycles. The number of hydrogen-bond acceptors (Lipinski definition) is 4. The molecule has 0 spiro atoms. The molecule has 106 valence electrons. The van der Waals surface area contributed by atoms with E-state index in [1.807, 2.05) is 20.9 Å². The smallest absolute Gasteiger partial charge is 0.222 e. The van der Waals surface area contributed by atoms with E-state index in [1.54, 1.807) is 4.90 Å². The van der Waals surface area contributed by atoms with Crippen LogP contribution >= 0.6 is 0 Å². The predicted molar refractivity (Wildman–Crippen MR) is 72.7 cm³/mol. The highest BCUT2D eigenvalue weighted by atomic mass is 16.5. The number of carbonyl (C=O) groups excluding carboxylic acids is 1. The van der Waals surface area contributed by atoms with Gasteiger partial charge in [-0.15, -0.1) is 0 Å². The van der Waals surface area contributed by atoms with E-state index in [2.05, 4.69) is 10.5 Å². The van der Waals surface area contributed by atoms with Gasteiger partial charge in [0.25, 0.3) is 0 Å². The van der Waals surface area contributed by atoms with Crippen LogP contribution in [0.15, 0.2) is 4.52 Å². The number of piperidine rings is 1. The molecule has 1 aliphatic rings. The van der Waals surface area contributed by atoms with Crippen molar-refractivity contribution in [2.45, 2.75) is 39.7 Å². The molecule has 0 bridgehead atoms. The molecule has 0 saturated carbocycles. The second kappa shape index (κ2) is 6.19. The molecule has 1 N–H and O–H groups in total. The molecule has 1 amide bonds. The summed E-state index contributed by atoms with van der Waals surface area (Å²) >= 11 is 0.